The highest BCUT2D eigenvalue weighted by molar-refractivity contribution is 5.74. The summed E-state index contributed by atoms with van der Waals surface area (Å²) in [5, 5.41) is 0. The second-order valence-electron chi connectivity index (χ2n) is 4.01. The SMILES string of the molecule is [c]1nc2ccccc2n1C1CCCC1. The molecule has 0 atom stereocenters. The molecule has 2 nitrogen and oxygen atoms in total. The first kappa shape index (κ1) is 8.04. The van der Waals surface area contributed by atoms with Gasteiger partial charge < -0.3 is 4.57 Å². The van der Waals surface area contributed by atoms with Crippen LogP contribution < -0.4 is 0 Å². The largest absolute Gasteiger partial charge is 0.318 e. The molecule has 0 unspecified atom stereocenters. The van der Waals surface area contributed by atoms with Crippen molar-refractivity contribution in [2.24, 2.45) is 0 Å². The molecule has 1 aliphatic carbocycles. The summed E-state index contributed by atoms with van der Waals surface area (Å²) in [5.74, 6) is 0. The normalized spacial score (nSPS) is 18.0. The third kappa shape index (κ3) is 1.14. The van der Waals surface area contributed by atoms with Crippen LogP contribution in [0.5, 0.6) is 0 Å². The van der Waals surface area contributed by atoms with Gasteiger partial charge in [0, 0.05) is 6.04 Å². The van der Waals surface area contributed by atoms with Gasteiger partial charge in [0.05, 0.1) is 11.0 Å². The van der Waals surface area contributed by atoms with Gasteiger partial charge in [-0.25, -0.2) is 4.98 Å². The Balaban J connectivity index is 2.11. The Hall–Kier alpha value is -1.31. The maximum absolute atomic E-state index is 4.30. The Bertz CT molecular complexity index is 438. The Morgan fingerprint density at radius 3 is 2.86 bits per heavy atom. The van der Waals surface area contributed by atoms with Gasteiger partial charge >= 0.3 is 0 Å². The number of aromatic nitrogens is 2. The molecule has 1 aromatic heterocycles. The third-order valence-electron chi connectivity index (χ3n) is 3.11. The molecule has 1 fully saturated rings. The topological polar surface area (TPSA) is 17.8 Å². The van der Waals surface area contributed by atoms with Crippen LogP contribution in [0.2, 0.25) is 0 Å². The maximum Gasteiger partial charge on any atom is 0.177 e. The third-order valence-corrected chi connectivity index (χ3v) is 3.11. The summed E-state index contributed by atoms with van der Waals surface area (Å²) in [4.78, 5) is 4.30. The molecular weight excluding hydrogens is 172 g/mol. The van der Waals surface area contributed by atoms with E-state index in [0.717, 1.165) is 5.52 Å². The van der Waals surface area contributed by atoms with E-state index in [9.17, 15) is 0 Å². The van der Waals surface area contributed by atoms with Gasteiger partial charge in [0.2, 0.25) is 0 Å². The summed E-state index contributed by atoms with van der Waals surface area (Å²) in [6.07, 6.45) is 8.40. The zero-order chi connectivity index (χ0) is 9.38. The standard InChI is InChI=1S/C12H13N2/c1-2-6-10(5-1)14-9-13-11-7-3-4-8-12(11)14/h3-4,7-8,10H,1-2,5-6H2. The molecule has 1 radical (unpaired) electrons. The van der Waals surface area contributed by atoms with Crippen molar-refractivity contribution in [2.45, 2.75) is 31.7 Å². The van der Waals surface area contributed by atoms with Crippen molar-refractivity contribution in [3.63, 3.8) is 0 Å². The number of benzene rings is 1. The molecule has 3 rings (SSSR count). The molecule has 1 heterocycles. The van der Waals surface area contributed by atoms with Crippen LogP contribution >= 0.6 is 0 Å². The van der Waals surface area contributed by atoms with Crippen LogP contribution in [0.3, 0.4) is 0 Å². The van der Waals surface area contributed by atoms with E-state index in [1.54, 1.807) is 0 Å². The van der Waals surface area contributed by atoms with Gasteiger partial charge in [-0.1, -0.05) is 25.0 Å². The molecule has 1 saturated carbocycles. The van der Waals surface area contributed by atoms with E-state index in [1.165, 1.54) is 31.2 Å². The van der Waals surface area contributed by atoms with E-state index in [2.05, 4.69) is 34.1 Å². The minimum atomic E-state index is 0.641. The molecule has 1 aromatic carbocycles. The van der Waals surface area contributed by atoms with Crippen molar-refractivity contribution in [1.29, 1.82) is 0 Å². The summed E-state index contributed by atoms with van der Waals surface area (Å²) in [7, 11) is 0. The number of fused-ring (bicyclic) bond motifs is 1. The van der Waals surface area contributed by atoms with Crippen molar-refractivity contribution in [3.05, 3.63) is 30.6 Å². The van der Waals surface area contributed by atoms with Crippen LogP contribution in [0.1, 0.15) is 31.7 Å². The lowest BCUT2D eigenvalue weighted by Gasteiger charge is -2.10. The van der Waals surface area contributed by atoms with E-state index in [4.69, 9.17) is 0 Å². The molecule has 2 heteroatoms. The van der Waals surface area contributed by atoms with Crippen LogP contribution in [0.4, 0.5) is 0 Å². The molecule has 0 spiro atoms. The zero-order valence-electron chi connectivity index (χ0n) is 8.11. The van der Waals surface area contributed by atoms with Gasteiger partial charge in [-0.15, -0.1) is 0 Å². The first-order valence-electron chi connectivity index (χ1n) is 5.30. The molecule has 0 amide bonds. The summed E-state index contributed by atoms with van der Waals surface area (Å²) in [5.41, 5.74) is 2.30. The lowest BCUT2D eigenvalue weighted by molar-refractivity contribution is 0.529. The predicted molar refractivity (Wildman–Crippen MR) is 56.1 cm³/mol. The molecule has 14 heavy (non-hydrogen) atoms. The number of imidazole rings is 1. The number of hydrogen-bond acceptors (Lipinski definition) is 1. The van der Waals surface area contributed by atoms with Crippen molar-refractivity contribution >= 4 is 11.0 Å². The highest BCUT2D eigenvalue weighted by atomic mass is 15.1. The van der Waals surface area contributed by atoms with Crippen LogP contribution in [0, 0.1) is 6.33 Å². The van der Waals surface area contributed by atoms with Crippen molar-refractivity contribution < 1.29 is 0 Å². The first-order chi connectivity index (χ1) is 6.95. The first-order valence-corrected chi connectivity index (χ1v) is 5.30. The molecule has 2 aromatic rings. The molecule has 71 valence electrons. The average Bonchev–Trinajstić information content (AvgIpc) is 2.85. The summed E-state index contributed by atoms with van der Waals surface area (Å²) < 4.78 is 2.22. The fourth-order valence-electron chi connectivity index (χ4n) is 2.36. The summed E-state index contributed by atoms with van der Waals surface area (Å²) >= 11 is 0. The van der Waals surface area contributed by atoms with Gasteiger partial charge in [0.25, 0.3) is 0 Å². The predicted octanol–water partition coefficient (Wildman–Crippen LogP) is 2.95. The zero-order valence-corrected chi connectivity index (χ0v) is 8.11. The smallest absolute Gasteiger partial charge is 0.177 e. The van der Waals surface area contributed by atoms with Gasteiger partial charge in [-0.2, -0.15) is 0 Å². The Morgan fingerprint density at radius 1 is 1.21 bits per heavy atom. The monoisotopic (exact) mass is 185 g/mol. The Kier molecular flexibility index (Phi) is 1.79. The maximum atomic E-state index is 4.30. The number of nitrogens with zero attached hydrogens (tertiary/aromatic N) is 2. The molecule has 0 aliphatic heterocycles. The number of hydrogen-bond donors (Lipinski definition) is 0. The van der Waals surface area contributed by atoms with Crippen LogP contribution in [-0.2, 0) is 0 Å². The fourth-order valence-corrected chi connectivity index (χ4v) is 2.36. The lowest BCUT2D eigenvalue weighted by atomic mass is 10.2. The summed E-state index contributed by atoms with van der Waals surface area (Å²) in [6.45, 7) is 0. The second kappa shape index (κ2) is 3.12. The lowest BCUT2D eigenvalue weighted by Crippen LogP contribution is -2.02. The Labute approximate surface area is 83.6 Å². The van der Waals surface area contributed by atoms with Crippen molar-refractivity contribution in [2.75, 3.05) is 0 Å². The fraction of sp³-hybridized carbons (Fsp3) is 0.417. The molecule has 1 aliphatic rings. The molecular formula is C12H13N2. The van der Waals surface area contributed by atoms with Crippen LogP contribution in [0.25, 0.3) is 11.0 Å². The summed E-state index contributed by atoms with van der Waals surface area (Å²) in [6, 6.07) is 8.93. The van der Waals surface area contributed by atoms with Gasteiger partial charge in [0.15, 0.2) is 6.33 Å². The molecule has 0 N–H and O–H groups in total. The highest BCUT2D eigenvalue weighted by Gasteiger charge is 2.18. The number of para-hydroxylation sites is 2. The van der Waals surface area contributed by atoms with E-state index in [-0.39, 0.29) is 0 Å². The van der Waals surface area contributed by atoms with E-state index in [0.29, 0.717) is 6.04 Å². The van der Waals surface area contributed by atoms with E-state index < -0.39 is 0 Å². The number of rotatable bonds is 1. The second-order valence-corrected chi connectivity index (χ2v) is 4.01. The highest BCUT2D eigenvalue weighted by Crippen LogP contribution is 2.31. The van der Waals surface area contributed by atoms with Crippen molar-refractivity contribution in [3.8, 4) is 0 Å². The van der Waals surface area contributed by atoms with Gasteiger partial charge in [-0.05, 0) is 25.0 Å². The van der Waals surface area contributed by atoms with Crippen LogP contribution in [-0.4, -0.2) is 9.55 Å². The van der Waals surface area contributed by atoms with Crippen LogP contribution in [0.15, 0.2) is 24.3 Å². The van der Waals surface area contributed by atoms with Gasteiger partial charge in [-0.3, -0.25) is 0 Å². The molecule has 0 saturated heterocycles. The minimum Gasteiger partial charge on any atom is -0.318 e. The van der Waals surface area contributed by atoms with Gasteiger partial charge in [0.1, 0.15) is 0 Å². The van der Waals surface area contributed by atoms with E-state index in [1.807, 2.05) is 6.07 Å². The Morgan fingerprint density at radius 2 is 2.00 bits per heavy atom. The van der Waals surface area contributed by atoms with E-state index >= 15 is 0 Å². The molecule has 0 bridgehead atoms. The van der Waals surface area contributed by atoms with Crippen molar-refractivity contribution in [1.82, 2.24) is 9.55 Å². The quantitative estimate of drug-likeness (QED) is 0.668. The average molecular weight is 185 g/mol. The minimum absolute atomic E-state index is 0.641.